The molecule has 5 heteroatoms. The molecule has 1 aromatic heterocycles. The monoisotopic (exact) mass is 307 g/mol. The van der Waals surface area contributed by atoms with E-state index in [1.807, 2.05) is 0 Å². The zero-order valence-electron chi connectivity index (χ0n) is 12.5. The Morgan fingerprint density at radius 1 is 1.33 bits per heavy atom. The third-order valence-corrected chi connectivity index (χ3v) is 5.83. The van der Waals surface area contributed by atoms with E-state index in [0.29, 0.717) is 12.6 Å². The second kappa shape index (κ2) is 6.46. The van der Waals surface area contributed by atoms with Crippen molar-refractivity contribution in [2.45, 2.75) is 50.1 Å². The van der Waals surface area contributed by atoms with Gasteiger partial charge in [0.25, 0.3) is 0 Å². The van der Waals surface area contributed by atoms with Crippen molar-refractivity contribution in [2.24, 2.45) is 5.73 Å². The predicted octanol–water partition coefficient (Wildman–Crippen LogP) is 2.27. The molecule has 116 valence electrons. The van der Waals surface area contributed by atoms with Crippen molar-refractivity contribution in [3.63, 3.8) is 0 Å². The summed E-state index contributed by atoms with van der Waals surface area (Å²) in [4.78, 5) is 16.2. The van der Waals surface area contributed by atoms with Crippen LogP contribution in [0.15, 0.2) is 17.5 Å². The second-order valence-corrected chi connectivity index (χ2v) is 7.33. The number of thiophene rings is 1. The van der Waals surface area contributed by atoms with Crippen LogP contribution >= 0.6 is 11.3 Å². The lowest BCUT2D eigenvalue weighted by Crippen LogP contribution is -2.53. The quantitative estimate of drug-likeness (QED) is 0.877. The van der Waals surface area contributed by atoms with E-state index in [2.05, 4.69) is 27.7 Å². The van der Waals surface area contributed by atoms with Crippen molar-refractivity contribution in [1.82, 2.24) is 10.2 Å². The van der Waals surface area contributed by atoms with Crippen LogP contribution in [0.4, 0.5) is 0 Å². The van der Waals surface area contributed by atoms with E-state index >= 15 is 0 Å². The molecule has 1 aliphatic carbocycles. The lowest BCUT2D eigenvalue weighted by Gasteiger charge is -2.29. The maximum Gasteiger partial charge on any atom is 0.240 e. The van der Waals surface area contributed by atoms with Crippen LogP contribution in [0.5, 0.6) is 0 Å². The molecule has 1 aromatic rings. The minimum atomic E-state index is -0.620. The van der Waals surface area contributed by atoms with E-state index in [1.165, 1.54) is 17.7 Å². The first-order valence-corrected chi connectivity index (χ1v) is 8.92. The summed E-state index contributed by atoms with van der Waals surface area (Å²) in [5, 5.41) is 5.24. The zero-order valence-corrected chi connectivity index (χ0v) is 13.3. The number of nitrogens with two attached hydrogens (primary N) is 1. The van der Waals surface area contributed by atoms with Gasteiger partial charge in [0.15, 0.2) is 0 Å². The van der Waals surface area contributed by atoms with Crippen LogP contribution in [-0.2, 0) is 4.79 Å². The number of nitrogens with zero attached hydrogens (tertiary/aromatic N) is 1. The normalized spacial score (nSPS) is 23.3. The van der Waals surface area contributed by atoms with Crippen molar-refractivity contribution < 1.29 is 4.79 Å². The number of carbonyl (C=O) groups excluding carboxylic acids is 1. The fourth-order valence-electron chi connectivity index (χ4n) is 3.54. The highest BCUT2D eigenvalue weighted by molar-refractivity contribution is 7.10. The third-order valence-electron chi connectivity index (χ3n) is 4.86. The van der Waals surface area contributed by atoms with Crippen LogP contribution in [0.2, 0.25) is 0 Å². The molecule has 21 heavy (non-hydrogen) atoms. The summed E-state index contributed by atoms with van der Waals surface area (Å²) in [5.74, 6) is 0.0424. The van der Waals surface area contributed by atoms with E-state index in [-0.39, 0.29) is 5.91 Å². The minimum absolute atomic E-state index is 0.0424. The van der Waals surface area contributed by atoms with Gasteiger partial charge in [0, 0.05) is 11.4 Å². The fourth-order valence-corrected chi connectivity index (χ4v) is 4.40. The molecule has 1 atom stereocenters. The molecule has 4 nitrogen and oxygen atoms in total. The zero-order chi connectivity index (χ0) is 14.7. The minimum Gasteiger partial charge on any atom is -0.353 e. The Bertz CT molecular complexity index is 462. The average molecular weight is 307 g/mol. The molecule has 3 rings (SSSR count). The maximum atomic E-state index is 12.4. The van der Waals surface area contributed by atoms with Crippen LogP contribution in [0.3, 0.4) is 0 Å². The van der Waals surface area contributed by atoms with Crippen molar-refractivity contribution >= 4 is 17.2 Å². The molecule has 1 saturated heterocycles. The van der Waals surface area contributed by atoms with Crippen LogP contribution in [0.25, 0.3) is 0 Å². The third kappa shape index (κ3) is 3.30. The van der Waals surface area contributed by atoms with Gasteiger partial charge in [-0.15, -0.1) is 11.3 Å². The maximum absolute atomic E-state index is 12.4. The Balaban J connectivity index is 1.63. The summed E-state index contributed by atoms with van der Waals surface area (Å²) in [6, 6.07) is 4.57. The van der Waals surface area contributed by atoms with Gasteiger partial charge in [-0.05, 0) is 50.2 Å². The smallest absolute Gasteiger partial charge is 0.240 e. The Kier molecular flexibility index (Phi) is 4.62. The number of hydrogen-bond acceptors (Lipinski definition) is 4. The lowest BCUT2D eigenvalue weighted by atomic mass is 9.98. The van der Waals surface area contributed by atoms with Gasteiger partial charge in [-0.1, -0.05) is 18.9 Å². The van der Waals surface area contributed by atoms with E-state index < -0.39 is 5.54 Å². The van der Waals surface area contributed by atoms with E-state index in [4.69, 9.17) is 5.73 Å². The molecule has 1 aliphatic heterocycles. The highest BCUT2D eigenvalue weighted by Crippen LogP contribution is 2.30. The molecule has 2 aliphatic rings. The molecule has 1 saturated carbocycles. The molecule has 3 N–H and O–H groups in total. The van der Waals surface area contributed by atoms with Gasteiger partial charge >= 0.3 is 0 Å². The first-order valence-electron chi connectivity index (χ1n) is 8.04. The number of amides is 1. The molecule has 0 radical (unpaired) electrons. The second-order valence-electron chi connectivity index (χ2n) is 6.35. The predicted molar refractivity (Wildman–Crippen MR) is 86.3 cm³/mol. The Morgan fingerprint density at radius 2 is 2.05 bits per heavy atom. The molecule has 2 heterocycles. The molecule has 0 aromatic carbocycles. The molecular formula is C16H25N3OS. The molecule has 0 bridgehead atoms. The fraction of sp³-hybridized carbons (Fsp3) is 0.688. The SMILES string of the molecule is NC1(C(=O)NCC(c2cccs2)N2CCCC2)CCCC1. The van der Waals surface area contributed by atoms with E-state index in [9.17, 15) is 4.79 Å². The molecule has 2 fully saturated rings. The van der Waals surface area contributed by atoms with Crippen LogP contribution < -0.4 is 11.1 Å². The number of carbonyl (C=O) groups is 1. The van der Waals surface area contributed by atoms with Gasteiger partial charge in [-0.25, -0.2) is 0 Å². The van der Waals surface area contributed by atoms with Crippen molar-refractivity contribution in [1.29, 1.82) is 0 Å². The van der Waals surface area contributed by atoms with Crippen LogP contribution in [-0.4, -0.2) is 36.0 Å². The van der Waals surface area contributed by atoms with E-state index in [0.717, 1.165) is 38.8 Å². The van der Waals surface area contributed by atoms with Crippen LogP contribution in [0, 0.1) is 0 Å². The first-order chi connectivity index (χ1) is 10.2. The van der Waals surface area contributed by atoms with E-state index in [1.54, 1.807) is 11.3 Å². The van der Waals surface area contributed by atoms with Gasteiger partial charge < -0.3 is 11.1 Å². The standard InChI is InChI=1S/C16H25N3OS/c17-16(7-1-2-8-16)15(20)18-12-13(14-6-5-11-21-14)19-9-3-4-10-19/h5-6,11,13H,1-4,7-10,12,17H2,(H,18,20). The Hall–Kier alpha value is -0.910. The topological polar surface area (TPSA) is 58.4 Å². The van der Waals surface area contributed by atoms with Crippen LogP contribution in [0.1, 0.15) is 49.4 Å². The number of rotatable bonds is 5. The number of nitrogens with one attached hydrogen (secondary N) is 1. The molecule has 0 spiro atoms. The summed E-state index contributed by atoms with van der Waals surface area (Å²) >= 11 is 1.78. The number of likely N-dealkylation sites (tertiary alicyclic amines) is 1. The average Bonchev–Trinajstić information content (AvgIpc) is 3.21. The van der Waals surface area contributed by atoms with Gasteiger partial charge in [-0.2, -0.15) is 0 Å². The number of hydrogen-bond donors (Lipinski definition) is 2. The van der Waals surface area contributed by atoms with Gasteiger partial charge in [0.05, 0.1) is 11.6 Å². The first kappa shape index (κ1) is 15.0. The van der Waals surface area contributed by atoms with Gasteiger partial charge in [0.1, 0.15) is 0 Å². The van der Waals surface area contributed by atoms with Gasteiger partial charge in [0.2, 0.25) is 5.91 Å². The van der Waals surface area contributed by atoms with Crippen molar-refractivity contribution in [2.75, 3.05) is 19.6 Å². The van der Waals surface area contributed by atoms with Crippen molar-refractivity contribution in [3.8, 4) is 0 Å². The Morgan fingerprint density at radius 3 is 2.67 bits per heavy atom. The summed E-state index contributed by atoms with van der Waals surface area (Å²) in [5.41, 5.74) is 5.62. The highest BCUT2D eigenvalue weighted by atomic mass is 32.1. The lowest BCUT2D eigenvalue weighted by molar-refractivity contribution is -0.126. The summed E-state index contributed by atoms with van der Waals surface area (Å²) < 4.78 is 0. The summed E-state index contributed by atoms with van der Waals surface area (Å²) in [6.45, 7) is 2.94. The summed E-state index contributed by atoms with van der Waals surface area (Å²) in [6.07, 6.45) is 6.32. The largest absolute Gasteiger partial charge is 0.353 e. The summed E-state index contributed by atoms with van der Waals surface area (Å²) in [7, 11) is 0. The van der Waals surface area contributed by atoms with Crippen molar-refractivity contribution in [3.05, 3.63) is 22.4 Å². The van der Waals surface area contributed by atoms with Gasteiger partial charge in [-0.3, -0.25) is 9.69 Å². The molecule has 1 amide bonds. The molecule has 1 unspecified atom stereocenters. The highest BCUT2D eigenvalue weighted by Gasteiger charge is 2.37. The Labute approximate surface area is 130 Å². The molecular weight excluding hydrogens is 282 g/mol.